The van der Waals surface area contributed by atoms with Crippen LogP contribution < -0.4 is 5.56 Å². The Balaban J connectivity index is 1.79. The zero-order valence-corrected chi connectivity index (χ0v) is 16.6. The van der Waals surface area contributed by atoms with Gasteiger partial charge in [0.2, 0.25) is 0 Å². The van der Waals surface area contributed by atoms with Crippen LogP contribution in [-0.2, 0) is 0 Å². The first-order valence-electron chi connectivity index (χ1n) is 8.54. The third-order valence-corrected chi connectivity index (χ3v) is 6.86. The van der Waals surface area contributed by atoms with E-state index in [1.54, 1.807) is 16.3 Å². The summed E-state index contributed by atoms with van der Waals surface area (Å²) in [6.45, 7) is 2.03. The lowest BCUT2D eigenvalue weighted by Gasteiger charge is -2.20. The topological polar surface area (TPSA) is 34.9 Å². The summed E-state index contributed by atoms with van der Waals surface area (Å²) >= 11 is 13.9. The van der Waals surface area contributed by atoms with Gasteiger partial charge < -0.3 is 0 Å². The monoisotopic (exact) mass is 404 g/mol. The van der Waals surface area contributed by atoms with Gasteiger partial charge in [0.05, 0.1) is 16.9 Å². The highest BCUT2D eigenvalue weighted by Crippen LogP contribution is 2.54. The van der Waals surface area contributed by atoms with Crippen molar-refractivity contribution in [2.45, 2.75) is 28.9 Å². The van der Waals surface area contributed by atoms with Crippen molar-refractivity contribution >= 4 is 45.9 Å². The summed E-state index contributed by atoms with van der Waals surface area (Å²) in [7, 11) is 0. The minimum absolute atomic E-state index is 0.0201. The molecule has 1 aliphatic rings. The van der Waals surface area contributed by atoms with Crippen molar-refractivity contribution in [2.75, 3.05) is 5.75 Å². The van der Waals surface area contributed by atoms with Gasteiger partial charge in [-0.2, -0.15) is 0 Å². The van der Waals surface area contributed by atoms with E-state index in [9.17, 15) is 4.79 Å². The third kappa shape index (κ3) is 3.38. The van der Waals surface area contributed by atoms with Gasteiger partial charge in [0, 0.05) is 11.7 Å². The lowest BCUT2D eigenvalue weighted by molar-refractivity contribution is 0.548. The minimum Gasteiger partial charge on any atom is -0.280 e. The molecule has 26 heavy (non-hydrogen) atoms. The molecule has 0 radical (unpaired) electrons. The van der Waals surface area contributed by atoms with E-state index >= 15 is 0 Å². The summed E-state index contributed by atoms with van der Waals surface area (Å²) in [5.74, 6) is 0.985. The molecule has 1 aromatic heterocycles. The highest BCUT2D eigenvalue weighted by Gasteiger charge is 2.51. The average Bonchev–Trinajstić information content (AvgIpc) is 3.27. The molecule has 4 rings (SSSR count). The van der Waals surface area contributed by atoms with Gasteiger partial charge in [-0.15, -0.1) is 23.2 Å². The molecule has 0 spiro atoms. The molecule has 134 valence electrons. The van der Waals surface area contributed by atoms with Crippen LogP contribution in [0.4, 0.5) is 0 Å². The number of thioether (sulfide) groups is 1. The molecule has 1 saturated carbocycles. The number of halogens is 2. The second-order valence-electron chi connectivity index (χ2n) is 6.65. The maximum Gasteiger partial charge on any atom is 0.262 e. The molecule has 6 heteroatoms. The van der Waals surface area contributed by atoms with Crippen LogP contribution >= 0.6 is 35.0 Å². The van der Waals surface area contributed by atoms with E-state index in [0.717, 1.165) is 23.3 Å². The fourth-order valence-electron chi connectivity index (χ4n) is 3.08. The average molecular weight is 405 g/mol. The Hall–Kier alpha value is -1.49. The van der Waals surface area contributed by atoms with Crippen molar-refractivity contribution in [1.29, 1.82) is 0 Å². The SMILES string of the molecule is C[C@@H](c1ccccc1)n1c(SC[C@@H]2CC2(Cl)Cl)nc2ccccc2c1=O. The van der Waals surface area contributed by atoms with E-state index < -0.39 is 4.33 Å². The summed E-state index contributed by atoms with van der Waals surface area (Å²) in [5.41, 5.74) is 1.77. The predicted octanol–water partition coefficient (Wildman–Crippen LogP) is 5.29. The van der Waals surface area contributed by atoms with E-state index in [2.05, 4.69) is 0 Å². The van der Waals surface area contributed by atoms with Crippen molar-refractivity contribution in [1.82, 2.24) is 9.55 Å². The van der Waals surface area contributed by atoms with Crippen LogP contribution in [0.1, 0.15) is 24.9 Å². The van der Waals surface area contributed by atoms with Crippen LogP contribution in [0.3, 0.4) is 0 Å². The first-order valence-corrected chi connectivity index (χ1v) is 10.3. The Morgan fingerprint density at radius 1 is 1.19 bits per heavy atom. The van der Waals surface area contributed by atoms with Gasteiger partial charge in [0.15, 0.2) is 5.16 Å². The molecule has 0 amide bonds. The summed E-state index contributed by atoms with van der Waals surface area (Å²) in [4.78, 5) is 18.0. The largest absolute Gasteiger partial charge is 0.280 e. The van der Waals surface area contributed by atoms with E-state index in [4.69, 9.17) is 28.2 Å². The first kappa shape index (κ1) is 17.9. The lowest BCUT2D eigenvalue weighted by atomic mass is 10.1. The molecule has 0 aliphatic heterocycles. The van der Waals surface area contributed by atoms with Crippen molar-refractivity contribution in [2.24, 2.45) is 5.92 Å². The molecule has 1 aliphatic carbocycles. The molecular formula is C20H18Cl2N2OS. The van der Waals surface area contributed by atoms with Crippen LogP contribution in [0.2, 0.25) is 0 Å². The van der Waals surface area contributed by atoms with Gasteiger partial charge in [-0.3, -0.25) is 9.36 Å². The predicted molar refractivity (Wildman–Crippen MR) is 110 cm³/mol. The van der Waals surface area contributed by atoms with Crippen molar-refractivity contribution in [3.63, 3.8) is 0 Å². The van der Waals surface area contributed by atoms with Gasteiger partial charge in [0.25, 0.3) is 5.56 Å². The molecule has 1 heterocycles. The highest BCUT2D eigenvalue weighted by atomic mass is 35.5. The van der Waals surface area contributed by atoms with Crippen molar-refractivity contribution in [3.8, 4) is 0 Å². The molecule has 0 N–H and O–H groups in total. The van der Waals surface area contributed by atoms with E-state index in [1.165, 1.54) is 0 Å². The number of hydrogen-bond donors (Lipinski definition) is 0. The Labute approximate surface area is 166 Å². The van der Waals surface area contributed by atoms with Crippen LogP contribution in [0.25, 0.3) is 10.9 Å². The number of benzene rings is 2. The zero-order chi connectivity index (χ0) is 18.3. The number of aromatic nitrogens is 2. The quantitative estimate of drug-likeness (QED) is 0.329. The normalized spacial score (nSPS) is 19.4. The number of alkyl halides is 2. The summed E-state index contributed by atoms with van der Waals surface area (Å²) in [6, 6.07) is 17.4. The molecule has 2 atom stereocenters. The Kier molecular flexibility index (Phi) is 4.76. The molecular weight excluding hydrogens is 387 g/mol. The fourth-order valence-corrected chi connectivity index (χ4v) is 5.08. The second-order valence-corrected chi connectivity index (χ2v) is 9.18. The number of nitrogens with zero attached hydrogens (tertiary/aromatic N) is 2. The van der Waals surface area contributed by atoms with Gasteiger partial charge in [-0.25, -0.2) is 4.98 Å². The molecule has 0 saturated heterocycles. The molecule has 0 unspecified atom stereocenters. The van der Waals surface area contributed by atoms with E-state index in [-0.39, 0.29) is 17.5 Å². The van der Waals surface area contributed by atoms with Gasteiger partial charge in [-0.05, 0) is 31.0 Å². The zero-order valence-electron chi connectivity index (χ0n) is 14.2. The van der Waals surface area contributed by atoms with Gasteiger partial charge >= 0.3 is 0 Å². The molecule has 3 aromatic rings. The molecule has 2 aromatic carbocycles. The van der Waals surface area contributed by atoms with E-state index in [1.807, 2.05) is 61.5 Å². The smallest absolute Gasteiger partial charge is 0.262 e. The highest BCUT2D eigenvalue weighted by molar-refractivity contribution is 7.99. The maximum absolute atomic E-state index is 13.2. The van der Waals surface area contributed by atoms with Crippen LogP contribution in [0.5, 0.6) is 0 Å². The van der Waals surface area contributed by atoms with Gasteiger partial charge in [0.1, 0.15) is 4.33 Å². The fraction of sp³-hybridized carbons (Fsp3) is 0.300. The summed E-state index contributed by atoms with van der Waals surface area (Å²) < 4.78 is 1.16. The van der Waals surface area contributed by atoms with Crippen molar-refractivity contribution < 1.29 is 0 Å². The summed E-state index contributed by atoms with van der Waals surface area (Å²) in [6.07, 6.45) is 0.787. The van der Waals surface area contributed by atoms with Crippen LogP contribution in [0.15, 0.2) is 64.5 Å². The van der Waals surface area contributed by atoms with Crippen LogP contribution in [0, 0.1) is 5.92 Å². The molecule has 0 bridgehead atoms. The molecule has 1 fully saturated rings. The van der Waals surface area contributed by atoms with Crippen molar-refractivity contribution in [3.05, 3.63) is 70.5 Å². The Morgan fingerprint density at radius 3 is 2.54 bits per heavy atom. The van der Waals surface area contributed by atoms with Gasteiger partial charge in [-0.1, -0.05) is 54.2 Å². The first-order chi connectivity index (χ1) is 12.5. The van der Waals surface area contributed by atoms with Crippen LogP contribution in [-0.4, -0.2) is 19.6 Å². The minimum atomic E-state index is -0.625. The molecule has 3 nitrogen and oxygen atoms in total. The van der Waals surface area contributed by atoms with E-state index in [0.29, 0.717) is 10.5 Å². The third-order valence-electron chi connectivity index (χ3n) is 4.81. The number of fused-ring (bicyclic) bond motifs is 1. The second kappa shape index (κ2) is 6.91. The Bertz CT molecular complexity index is 1000. The lowest BCUT2D eigenvalue weighted by Crippen LogP contribution is -2.27. The standard InChI is InChI=1S/C20H18Cl2N2OS/c1-13(14-7-3-2-4-8-14)24-18(25)16-9-5-6-10-17(16)23-19(24)26-12-15-11-20(15,21)22/h2-10,13,15H,11-12H2,1H3/t13-,15-/m0/s1. The number of rotatable bonds is 5. The number of para-hydroxylation sites is 1. The summed E-state index contributed by atoms with van der Waals surface area (Å²) in [5, 5.41) is 1.34. The maximum atomic E-state index is 13.2. The number of hydrogen-bond acceptors (Lipinski definition) is 3. The Morgan fingerprint density at radius 2 is 1.85 bits per heavy atom.